The van der Waals surface area contributed by atoms with Gasteiger partial charge in [0.25, 0.3) is 5.91 Å². The minimum absolute atomic E-state index is 0.195. The summed E-state index contributed by atoms with van der Waals surface area (Å²) < 4.78 is 32.0. The number of sulfonamides is 1. The van der Waals surface area contributed by atoms with E-state index in [-0.39, 0.29) is 11.9 Å². The smallest absolute Gasteiger partial charge is 0.260 e. The number of likely N-dealkylation sites (tertiary alicyclic amines) is 1. The van der Waals surface area contributed by atoms with Crippen LogP contribution in [0.15, 0.2) is 42.5 Å². The summed E-state index contributed by atoms with van der Waals surface area (Å²) in [6, 6.07) is 12.8. The third-order valence-electron chi connectivity index (χ3n) is 6.53. The Bertz CT molecular complexity index is 1140. The van der Waals surface area contributed by atoms with Crippen molar-refractivity contribution in [3.8, 4) is 5.75 Å². The molecule has 1 amide bonds. The van der Waals surface area contributed by atoms with Crippen molar-refractivity contribution in [2.75, 3.05) is 43.0 Å². The van der Waals surface area contributed by atoms with Gasteiger partial charge in [-0.15, -0.1) is 0 Å². The number of hydrogen-bond donors (Lipinski definition) is 4. The molecule has 1 saturated heterocycles. The molecule has 2 aromatic rings. The Morgan fingerprint density at radius 2 is 2.03 bits per heavy atom. The number of anilines is 2. The predicted octanol–water partition coefficient (Wildman–Crippen LogP) is 2.11. The monoisotopic (exact) mass is 502 g/mol. The van der Waals surface area contributed by atoms with E-state index < -0.39 is 22.2 Å². The van der Waals surface area contributed by atoms with Crippen LogP contribution in [-0.4, -0.2) is 69.5 Å². The van der Waals surface area contributed by atoms with Crippen molar-refractivity contribution >= 4 is 27.3 Å². The molecule has 0 aliphatic carbocycles. The Morgan fingerprint density at radius 3 is 2.69 bits per heavy atom. The van der Waals surface area contributed by atoms with Gasteiger partial charge in [0.15, 0.2) is 6.10 Å². The van der Waals surface area contributed by atoms with Crippen LogP contribution in [0, 0.1) is 0 Å². The summed E-state index contributed by atoms with van der Waals surface area (Å²) in [5, 5.41) is 16.3. The zero-order valence-corrected chi connectivity index (χ0v) is 21.0. The van der Waals surface area contributed by atoms with Gasteiger partial charge in [0.1, 0.15) is 5.75 Å². The van der Waals surface area contributed by atoms with Gasteiger partial charge in [-0.25, -0.2) is 8.42 Å². The average Bonchev–Trinajstić information content (AvgIpc) is 3.27. The van der Waals surface area contributed by atoms with E-state index in [2.05, 4.69) is 20.3 Å². The maximum absolute atomic E-state index is 12.9. The van der Waals surface area contributed by atoms with Crippen molar-refractivity contribution in [2.45, 2.75) is 43.9 Å². The minimum atomic E-state index is -3.38. The van der Waals surface area contributed by atoms with Gasteiger partial charge < -0.3 is 20.5 Å². The Hall–Kier alpha value is -2.82. The van der Waals surface area contributed by atoms with Crippen molar-refractivity contribution in [1.82, 2.24) is 10.2 Å². The predicted molar refractivity (Wildman–Crippen MR) is 136 cm³/mol. The number of amides is 1. The highest BCUT2D eigenvalue weighted by Gasteiger charge is 2.33. The first-order valence-electron chi connectivity index (χ1n) is 12.0. The second-order valence-electron chi connectivity index (χ2n) is 9.22. The fourth-order valence-corrected chi connectivity index (χ4v) is 5.41. The molecular formula is C25H34N4O5S. The highest BCUT2D eigenvalue weighted by molar-refractivity contribution is 7.92. The van der Waals surface area contributed by atoms with E-state index in [0.29, 0.717) is 37.4 Å². The number of aliphatic hydroxyl groups is 1. The lowest BCUT2D eigenvalue weighted by Gasteiger charge is -2.32. The number of β-amino-alcohol motifs (C(OH)–C–C–N with tert-alkyl or cyclic N) is 1. The van der Waals surface area contributed by atoms with Gasteiger partial charge in [0.2, 0.25) is 10.0 Å². The molecule has 0 spiro atoms. The lowest BCUT2D eigenvalue weighted by atomic mass is 9.97. The minimum Gasteiger partial charge on any atom is -0.480 e. The molecule has 0 radical (unpaired) electrons. The highest BCUT2D eigenvalue weighted by Crippen LogP contribution is 2.35. The Morgan fingerprint density at radius 1 is 1.26 bits per heavy atom. The molecule has 1 unspecified atom stereocenters. The van der Waals surface area contributed by atoms with E-state index in [1.54, 1.807) is 19.2 Å². The first-order chi connectivity index (χ1) is 16.7. The third kappa shape index (κ3) is 6.45. The molecule has 2 aromatic carbocycles. The summed E-state index contributed by atoms with van der Waals surface area (Å²) in [5.41, 5.74) is 3.51. The van der Waals surface area contributed by atoms with Gasteiger partial charge >= 0.3 is 0 Å². The first kappa shape index (κ1) is 25.3. The van der Waals surface area contributed by atoms with E-state index >= 15 is 0 Å². The van der Waals surface area contributed by atoms with Gasteiger partial charge in [-0.05, 0) is 49.1 Å². The van der Waals surface area contributed by atoms with E-state index in [1.807, 2.05) is 30.3 Å². The molecule has 9 nitrogen and oxygen atoms in total. The molecule has 35 heavy (non-hydrogen) atoms. The number of aliphatic hydroxyl groups excluding tert-OH is 1. The summed E-state index contributed by atoms with van der Waals surface area (Å²) in [5.74, 6) is 0.489. The molecule has 10 heteroatoms. The summed E-state index contributed by atoms with van der Waals surface area (Å²) >= 11 is 0. The standard InChI is InChI=1S/C25H34N4O5S/c1-26-25(31)24(34-23-7-3-6-21-20(23)5-4-13-27-21)15-22(29-14-12-19(30)16-29)17-8-10-18(11-9-17)28-35(2,32)33/h3,6-11,19,22,24,27-28,30H,4-5,12-16H2,1-2H3,(H,26,31)/t19-,22-,24?/m0/s1. The molecule has 2 aliphatic rings. The molecule has 4 N–H and O–H groups in total. The fourth-order valence-electron chi connectivity index (χ4n) is 4.85. The van der Waals surface area contributed by atoms with Crippen LogP contribution < -0.4 is 20.1 Å². The largest absolute Gasteiger partial charge is 0.480 e. The van der Waals surface area contributed by atoms with Crippen LogP contribution in [0.4, 0.5) is 11.4 Å². The number of fused-ring (bicyclic) bond motifs is 1. The van der Waals surface area contributed by atoms with Crippen molar-refractivity contribution < 1.29 is 23.1 Å². The van der Waals surface area contributed by atoms with Gasteiger partial charge in [-0.1, -0.05) is 18.2 Å². The van der Waals surface area contributed by atoms with Crippen molar-refractivity contribution in [2.24, 2.45) is 0 Å². The van der Waals surface area contributed by atoms with Crippen LogP contribution in [0.1, 0.15) is 36.4 Å². The zero-order chi connectivity index (χ0) is 25.0. The van der Waals surface area contributed by atoms with Crippen LogP contribution in [-0.2, 0) is 21.2 Å². The number of nitrogens with one attached hydrogen (secondary N) is 3. The van der Waals surface area contributed by atoms with Gasteiger partial charge in [0.05, 0.1) is 12.4 Å². The molecular weight excluding hydrogens is 468 g/mol. The van der Waals surface area contributed by atoms with E-state index in [4.69, 9.17) is 4.74 Å². The van der Waals surface area contributed by atoms with Gasteiger partial charge in [0, 0.05) is 56.1 Å². The van der Waals surface area contributed by atoms with E-state index in [1.165, 1.54) is 0 Å². The van der Waals surface area contributed by atoms with Gasteiger partial charge in [-0.2, -0.15) is 0 Å². The third-order valence-corrected chi connectivity index (χ3v) is 7.14. The normalized spacial score (nSPS) is 19.8. The van der Waals surface area contributed by atoms with Gasteiger partial charge in [-0.3, -0.25) is 14.4 Å². The average molecular weight is 503 g/mol. The molecule has 0 saturated carbocycles. The first-order valence-corrected chi connectivity index (χ1v) is 13.9. The lowest BCUT2D eigenvalue weighted by molar-refractivity contribution is -0.128. The molecule has 2 aliphatic heterocycles. The number of nitrogens with zero attached hydrogens (tertiary/aromatic N) is 1. The van der Waals surface area contributed by atoms with E-state index in [0.717, 1.165) is 42.5 Å². The van der Waals surface area contributed by atoms with Crippen LogP contribution in [0.3, 0.4) is 0 Å². The number of hydrogen-bond acceptors (Lipinski definition) is 7. The van der Waals surface area contributed by atoms with Crippen LogP contribution >= 0.6 is 0 Å². The Labute approximate surface area is 206 Å². The maximum Gasteiger partial charge on any atom is 0.260 e. The molecule has 2 heterocycles. The highest BCUT2D eigenvalue weighted by atomic mass is 32.2. The number of ether oxygens (including phenoxy) is 1. The Balaban J connectivity index is 1.61. The molecule has 0 aromatic heterocycles. The molecule has 0 bridgehead atoms. The second kappa shape index (κ2) is 10.8. The number of rotatable bonds is 9. The van der Waals surface area contributed by atoms with Crippen molar-refractivity contribution in [3.05, 3.63) is 53.6 Å². The molecule has 3 atom stereocenters. The van der Waals surface area contributed by atoms with Crippen molar-refractivity contribution in [3.63, 3.8) is 0 Å². The summed E-state index contributed by atoms with van der Waals surface area (Å²) in [6.07, 6.45) is 2.87. The second-order valence-corrected chi connectivity index (χ2v) is 11.0. The lowest BCUT2D eigenvalue weighted by Crippen LogP contribution is -2.40. The number of benzene rings is 2. The molecule has 1 fully saturated rings. The van der Waals surface area contributed by atoms with Crippen molar-refractivity contribution in [1.29, 1.82) is 0 Å². The number of carbonyl (C=O) groups is 1. The summed E-state index contributed by atoms with van der Waals surface area (Å²) in [6.45, 7) is 2.11. The summed E-state index contributed by atoms with van der Waals surface area (Å²) in [7, 11) is -1.78. The van der Waals surface area contributed by atoms with Crippen LogP contribution in [0.2, 0.25) is 0 Å². The SMILES string of the molecule is CNC(=O)C(C[C@@H](c1ccc(NS(C)(=O)=O)cc1)N1CC[C@H](O)C1)Oc1cccc2c1CCCN2. The number of likely N-dealkylation sites (N-methyl/N-ethyl adjacent to an activating group) is 1. The van der Waals surface area contributed by atoms with Crippen LogP contribution in [0.25, 0.3) is 0 Å². The number of carbonyl (C=O) groups excluding carboxylic acids is 1. The topological polar surface area (TPSA) is 120 Å². The van der Waals surface area contributed by atoms with Crippen LogP contribution in [0.5, 0.6) is 5.75 Å². The fraction of sp³-hybridized carbons (Fsp3) is 0.480. The summed E-state index contributed by atoms with van der Waals surface area (Å²) in [4.78, 5) is 15.1. The quantitative estimate of drug-likeness (QED) is 0.415. The van der Waals surface area contributed by atoms with E-state index in [9.17, 15) is 18.3 Å². The molecule has 4 rings (SSSR count). The molecule has 190 valence electrons. The Kier molecular flexibility index (Phi) is 7.83. The maximum atomic E-state index is 12.9. The zero-order valence-electron chi connectivity index (χ0n) is 20.2.